The molecule has 0 spiro atoms. The topological polar surface area (TPSA) is 64.8 Å². The molecule has 0 aliphatic carbocycles. The molecule has 0 bridgehead atoms. The maximum Gasteiger partial charge on any atom is 0.267 e. The summed E-state index contributed by atoms with van der Waals surface area (Å²) >= 11 is 0. The lowest BCUT2D eigenvalue weighted by Crippen LogP contribution is -2.55. The second-order valence-electron chi connectivity index (χ2n) is 5.91. The van der Waals surface area contributed by atoms with Crippen molar-refractivity contribution in [2.75, 3.05) is 19.7 Å². The quantitative estimate of drug-likeness (QED) is 0.894. The average Bonchev–Trinajstić information content (AvgIpc) is 2.53. The minimum absolute atomic E-state index is 0.00754. The summed E-state index contributed by atoms with van der Waals surface area (Å²) in [5.41, 5.74) is 5.83. The normalized spacial score (nSPS) is 28.3. The third kappa shape index (κ3) is 2.83. The highest BCUT2D eigenvalue weighted by Crippen LogP contribution is 2.32. The molecule has 5 heteroatoms. The third-order valence-electron chi connectivity index (χ3n) is 4.32. The Balaban J connectivity index is 1.71. The smallest absolute Gasteiger partial charge is 0.267 e. The number of piperidine rings is 1. The molecule has 21 heavy (non-hydrogen) atoms. The highest BCUT2D eigenvalue weighted by Gasteiger charge is 2.36. The van der Waals surface area contributed by atoms with Gasteiger partial charge in [0.1, 0.15) is 6.61 Å². The summed E-state index contributed by atoms with van der Waals surface area (Å²) in [5.74, 6) is 1.94. The van der Waals surface area contributed by atoms with Crippen LogP contribution >= 0.6 is 0 Å². The maximum atomic E-state index is 12.7. The van der Waals surface area contributed by atoms with Crippen molar-refractivity contribution in [2.45, 2.75) is 31.9 Å². The molecule has 0 aromatic heterocycles. The van der Waals surface area contributed by atoms with E-state index in [0.717, 1.165) is 19.4 Å². The molecule has 5 nitrogen and oxygen atoms in total. The summed E-state index contributed by atoms with van der Waals surface area (Å²) in [7, 11) is 0. The molecule has 0 radical (unpaired) electrons. The molecule has 3 atom stereocenters. The van der Waals surface area contributed by atoms with Gasteiger partial charge in [-0.3, -0.25) is 4.79 Å². The monoisotopic (exact) mass is 290 g/mol. The Morgan fingerprint density at radius 2 is 2.14 bits per heavy atom. The van der Waals surface area contributed by atoms with Gasteiger partial charge in [0, 0.05) is 19.1 Å². The molecule has 1 aromatic carbocycles. The van der Waals surface area contributed by atoms with Gasteiger partial charge in [-0.1, -0.05) is 19.1 Å². The van der Waals surface area contributed by atoms with Gasteiger partial charge < -0.3 is 20.1 Å². The second kappa shape index (κ2) is 5.93. The molecule has 0 saturated carbocycles. The van der Waals surface area contributed by atoms with Crippen molar-refractivity contribution in [3.05, 3.63) is 24.3 Å². The first kappa shape index (κ1) is 14.2. The number of rotatable bonds is 2. The second-order valence-corrected chi connectivity index (χ2v) is 5.91. The average molecular weight is 290 g/mol. The molecule has 1 fully saturated rings. The van der Waals surface area contributed by atoms with Gasteiger partial charge in [0.05, 0.1) is 0 Å². The number of para-hydroxylation sites is 2. The lowest BCUT2D eigenvalue weighted by molar-refractivity contribution is -0.145. The van der Waals surface area contributed by atoms with Crippen molar-refractivity contribution >= 4 is 5.91 Å². The lowest BCUT2D eigenvalue weighted by atomic mass is 9.92. The van der Waals surface area contributed by atoms with E-state index in [1.807, 2.05) is 29.2 Å². The van der Waals surface area contributed by atoms with Crippen LogP contribution in [-0.4, -0.2) is 42.6 Å². The van der Waals surface area contributed by atoms with Gasteiger partial charge in [-0.2, -0.15) is 0 Å². The number of carbonyl (C=O) groups is 1. The Kier molecular flexibility index (Phi) is 4.01. The number of carbonyl (C=O) groups excluding carboxylic acids is 1. The summed E-state index contributed by atoms with van der Waals surface area (Å²) in [4.78, 5) is 14.6. The fourth-order valence-electron chi connectivity index (χ4n) is 3.09. The summed E-state index contributed by atoms with van der Waals surface area (Å²) < 4.78 is 11.4. The molecule has 3 unspecified atom stereocenters. The summed E-state index contributed by atoms with van der Waals surface area (Å²) in [5, 5.41) is 0. The van der Waals surface area contributed by atoms with Crippen molar-refractivity contribution in [1.29, 1.82) is 0 Å². The van der Waals surface area contributed by atoms with E-state index < -0.39 is 6.10 Å². The van der Waals surface area contributed by atoms with Crippen LogP contribution in [0.15, 0.2) is 24.3 Å². The first-order valence-electron chi connectivity index (χ1n) is 7.58. The number of fused-ring (bicyclic) bond motifs is 1. The molecule has 2 N–H and O–H groups in total. The minimum Gasteiger partial charge on any atom is -0.485 e. The van der Waals surface area contributed by atoms with Crippen molar-refractivity contribution in [3.8, 4) is 11.5 Å². The van der Waals surface area contributed by atoms with Crippen molar-refractivity contribution in [2.24, 2.45) is 11.7 Å². The van der Waals surface area contributed by atoms with Gasteiger partial charge in [-0.05, 0) is 30.9 Å². The third-order valence-corrected chi connectivity index (χ3v) is 4.32. The fraction of sp³-hybridized carbons (Fsp3) is 0.562. The molecule has 2 aliphatic heterocycles. The maximum absolute atomic E-state index is 12.7. The molecular formula is C16H22N2O3. The van der Waals surface area contributed by atoms with Gasteiger partial charge in [-0.15, -0.1) is 0 Å². The van der Waals surface area contributed by atoms with Gasteiger partial charge in [0.2, 0.25) is 6.10 Å². The first-order chi connectivity index (χ1) is 10.2. The number of benzene rings is 1. The highest BCUT2D eigenvalue weighted by molar-refractivity contribution is 5.82. The van der Waals surface area contributed by atoms with E-state index in [1.54, 1.807) is 0 Å². The Morgan fingerprint density at radius 3 is 2.90 bits per heavy atom. The van der Waals surface area contributed by atoms with E-state index in [1.165, 1.54) is 0 Å². The molecule has 114 valence electrons. The zero-order valence-electron chi connectivity index (χ0n) is 12.3. The van der Waals surface area contributed by atoms with E-state index in [0.29, 0.717) is 24.0 Å². The van der Waals surface area contributed by atoms with Crippen LogP contribution in [-0.2, 0) is 4.79 Å². The molecule has 3 rings (SSSR count). The number of nitrogens with two attached hydrogens (primary N) is 1. The van der Waals surface area contributed by atoms with E-state index >= 15 is 0 Å². The van der Waals surface area contributed by atoms with Crippen LogP contribution in [0.5, 0.6) is 11.5 Å². The number of nitrogens with zero attached hydrogens (tertiary/aromatic N) is 1. The Bertz CT molecular complexity index is 520. The van der Waals surface area contributed by atoms with Gasteiger partial charge >= 0.3 is 0 Å². The van der Waals surface area contributed by atoms with Crippen LogP contribution in [0.1, 0.15) is 19.8 Å². The number of amides is 1. The van der Waals surface area contributed by atoms with Crippen LogP contribution in [0.4, 0.5) is 0 Å². The van der Waals surface area contributed by atoms with Crippen LogP contribution in [0, 0.1) is 5.92 Å². The van der Waals surface area contributed by atoms with E-state index in [4.69, 9.17) is 15.2 Å². The number of hydrogen-bond acceptors (Lipinski definition) is 4. The number of likely N-dealkylation sites (tertiary alicyclic amines) is 1. The summed E-state index contributed by atoms with van der Waals surface area (Å²) in [6, 6.07) is 7.55. The van der Waals surface area contributed by atoms with Crippen LogP contribution in [0.2, 0.25) is 0 Å². The van der Waals surface area contributed by atoms with E-state index in [-0.39, 0.29) is 18.6 Å². The number of hydrogen-bond donors (Lipinski definition) is 1. The predicted molar refractivity (Wildman–Crippen MR) is 79.3 cm³/mol. The lowest BCUT2D eigenvalue weighted by Gasteiger charge is -2.40. The zero-order valence-corrected chi connectivity index (χ0v) is 12.3. The van der Waals surface area contributed by atoms with Gasteiger partial charge in [0.25, 0.3) is 5.91 Å². The molecule has 1 amide bonds. The fourth-order valence-corrected chi connectivity index (χ4v) is 3.09. The first-order valence-corrected chi connectivity index (χ1v) is 7.58. The standard InChI is InChI=1S/C16H22N2O3/c1-11-6-7-18(12(8-11)9-17)16(19)15-10-20-13-4-2-3-5-14(13)21-15/h2-5,11-12,15H,6-10,17H2,1H3. The van der Waals surface area contributed by atoms with Crippen LogP contribution < -0.4 is 15.2 Å². The Morgan fingerprint density at radius 1 is 1.38 bits per heavy atom. The molecule has 2 aliphatic rings. The summed E-state index contributed by atoms with van der Waals surface area (Å²) in [6.45, 7) is 3.73. The van der Waals surface area contributed by atoms with Crippen molar-refractivity contribution in [1.82, 2.24) is 4.90 Å². The van der Waals surface area contributed by atoms with Gasteiger partial charge in [-0.25, -0.2) is 0 Å². The largest absolute Gasteiger partial charge is 0.485 e. The Hall–Kier alpha value is -1.75. The highest BCUT2D eigenvalue weighted by atomic mass is 16.6. The molecule has 1 saturated heterocycles. The molecule has 1 aromatic rings. The van der Waals surface area contributed by atoms with Crippen LogP contribution in [0.3, 0.4) is 0 Å². The number of ether oxygens (including phenoxy) is 2. The SMILES string of the molecule is CC1CCN(C(=O)C2COc3ccccc3O2)C(CN)C1. The van der Waals surface area contributed by atoms with Crippen molar-refractivity contribution in [3.63, 3.8) is 0 Å². The predicted octanol–water partition coefficient (Wildman–Crippen LogP) is 1.41. The zero-order chi connectivity index (χ0) is 14.8. The van der Waals surface area contributed by atoms with Gasteiger partial charge in [0.15, 0.2) is 11.5 Å². The summed E-state index contributed by atoms with van der Waals surface area (Å²) in [6.07, 6.45) is 1.42. The molecular weight excluding hydrogens is 268 g/mol. The van der Waals surface area contributed by atoms with Crippen molar-refractivity contribution < 1.29 is 14.3 Å². The molecule has 2 heterocycles. The van der Waals surface area contributed by atoms with E-state index in [2.05, 4.69) is 6.92 Å². The van der Waals surface area contributed by atoms with E-state index in [9.17, 15) is 4.79 Å². The van der Waals surface area contributed by atoms with Crippen LogP contribution in [0.25, 0.3) is 0 Å². The minimum atomic E-state index is -0.567. The Labute approximate surface area is 125 Å².